The van der Waals surface area contributed by atoms with Gasteiger partial charge in [-0.05, 0) is 61.9 Å². The van der Waals surface area contributed by atoms with Crippen LogP contribution in [-0.2, 0) is 9.59 Å². The molecule has 0 radical (unpaired) electrons. The maximum absolute atomic E-state index is 13.2. The van der Waals surface area contributed by atoms with E-state index in [4.69, 9.17) is 18.6 Å². The monoisotopic (exact) mass is 447 g/mol. The lowest BCUT2D eigenvalue weighted by Crippen LogP contribution is -2.29. The molecule has 2 aromatic carbocycles. The van der Waals surface area contributed by atoms with Crippen molar-refractivity contribution in [1.82, 2.24) is 0 Å². The van der Waals surface area contributed by atoms with E-state index >= 15 is 0 Å². The SMILES string of the molecule is COc1ccc(/C(O)=C2/C(=O)C(=O)N(c3ccc4c(c3)OCO4)C2c2ccc(C)o2)cc1C. The molecule has 1 N–H and O–H groups in total. The van der Waals surface area contributed by atoms with Crippen molar-refractivity contribution >= 4 is 23.1 Å². The molecule has 0 saturated carbocycles. The Balaban J connectivity index is 1.69. The predicted molar refractivity (Wildman–Crippen MR) is 119 cm³/mol. The van der Waals surface area contributed by atoms with Crippen molar-refractivity contribution in [1.29, 1.82) is 0 Å². The van der Waals surface area contributed by atoms with Gasteiger partial charge < -0.3 is 23.7 Å². The van der Waals surface area contributed by atoms with Gasteiger partial charge in [0.05, 0.1) is 12.7 Å². The van der Waals surface area contributed by atoms with Gasteiger partial charge in [-0.2, -0.15) is 0 Å². The number of nitrogens with zero attached hydrogens (tertiary/aromatic N) is 1. The number of ketones is 1. The third-order valence-electron chi connectivity index (χ3n) is 5.78. The fourth-order valence-electron chi connectivity index (χ4n) is 4.18. The number of aliphatic hydroxyl groups excluding tert-OH is 1. The van der Waals surface area contributed by atoms with Crippen molar-refractivity contribution in [2.75, 3.05) is 18.8 Å². The quantitative estimate of drug-likeness (QED) is 0.362. The Labute approximate surface area is 189 Å². The van der Waals surface area contributed by atoms with Gasteiger partial charge in [-0.25, -0.2) is 0 Å². The number of anilines is 1. The summed E-state index contributed by atoms with van der Waals surface area (Å²) in [6.07, 6.45) is 0. The van der Waals surface area contributed by atoms with Crippen LogP contribution in [0.5, 0.6) is 17.2 Å². The normalized spacial score (nSPS) is 18.8. The van der Waals surface area contributed by atoms with Crippen LogP contribution in [0.25, 0.3) is 5.76 Å². The number of Topliss-reactive ketones (excluding diaryl/α,β-unsaturated/α-hetero) is 1. The number of fused-ring (bicyclic) bond motifs is 1. The van der Waals surface area contributed by atoms with Crippen molar-refractivity contribution in [3.05, 3.63) is 76.8 Å². The van der Waals surface area contributed by atoms with Crippen LogP contribution < -0.4 is 19.1 Å². The zero-order valence-electron chi connectivity index (χ0n) is 18.2. The number of carbonyl (C=O) groups excluding carboxylic acids is 2. The second kappa shape index (κ2) is 7.74. The lowest BCUT2D eigenvalue weighted by atomic mass is 9.98. The van der Waals surface area contributed by atoms with Gasteiger partial charge in [-0.15, -0.1) is 0 Å². The summed E-state index contributed by atoms with van der Waals surface area (Å²) in [5, 5.41) is 11.2. The van der Waals surface area contributed by atoms with Crippen LogP contribution in [0.3, 0.4) is 0 Å². The number of furan rings is 1. The van der Waals surface area contributed by atoms with E-state index in [1.807, 2.05) is 6.92 Å². The first kappa shape index (κ1) is 20.7. The molecule has 5 rings (SSSR count). The summed E-state index contributed by atoms with van der Waals surface area (Å²) in [6.45, 7) is 3.67. The van der Waals surface area contributed by atoms with Crippen LogP contribution in [0, 0.1) is 13.8 Å². The number of hydrogen-bond acceptors (Lipinski definition) is 7. The summed E-state index contributed by atoms with van der Waals surface area (Å²) >= 11 is 0. The summed E-state index contributed by atoms with van der Waals surface area (Å²) in [5.74, 6) is 0.756. The highest BCUT2D eigenvalue weighted by Gasteiger charge is 2.48. The highest BCUT2D eigenvalue weighted by atomic mass is 16.7. The summed E-state index contributed by atoms with van der Waals surface area (Å²) in [7, 11) is 1.55. The summed E-state index contributed by atoms with van der Waals surface area (Å²) in [5.41, 5.74) is 1.53. The fourth-order valence-corrected chi connectivity index (χ4v) is 4.18. The Morgan fingerprint density at radius 1 is 1.03 bits per heavy atom. The minimum atomic E-state index is -0.957. The molecule has 2 aliphatic rings. The molecule has 1 saturated heterocycles. The van der Waals surface area contributed by atoms with Crippen LogP contribution in [-0.4, -0.2) is 30.7 Å². The zero-order valence-corrected chi connectivity index (χ0v) is 18.2. The van der Waals surface area contributed by atoms with Crippen molar-refractivity contribution in [2.45, 2.75) is 19.9 Å². The molecule has 1 aromatic heterocycles. The third-order valence-corrected chi connectivity index (χ3v) is 5.78. The Kier molecular flexibility index (Phi) is 4.85. The Bertz CT molecular complexity index is 1320. The predicted octanol–water partition coefficient (Wildman–Crippen LogP) is 4.26. The molecule has 1 fully saturated rings. The van der Waals surface area contributed by atoms with E-state index in [1.165, 1.54) is 4.90 Å². The maximum Gasteiger partial charge on any atom is 0.300 e. The summed E-state index contributed by atoms with van der Waals surface area (Å²) in [6, 6.07) is 12.5. The smallest absolute Gasteiger partial charge is 0.300 e. The van der Waals surface area contributed by atoms with Crippen LogP contribution in [0.15, 0.2) is 58.5 Å². The fraction of sp³-hybridized carbons (Fsp3) is 0.200. The molecule has 0 bridgehead atoms. The van der Waals surface area contributed by atoms with Gasteiger partial charge in [0.1, 0.15) is 29.1 Å². The Morgan fingerprint density at radius 2 is 1.82 bits per heavy atom. The topological polar surface area (TPSA) is 98.4 Å². The third kappa shape index (κ3) is 3.31. The largest absolute Gasteiger partial charge is 0.507 e. The van der Waals surface area contributed by atoms with Crippen LogP contribution in [0.4, 0.5) is 5.69 Å². The molecule has 3 heterocycles. The molecule has 3 aromatic rings. The van der Waals surface area contributed by atoms with Crippen molar-refractivity contribution in [3.63, 3.8) is 0 Å². The molecule has 33 heavy (non-hydrogen) atoms. The minimum absolute atomic E-state index is 0.0587. The maximum atomic E-state index is 13.2. The second-order valence-corrected chi connectivity index (χ2v) is 7.84. The van der Waals surface area contributed by atoms with Crippen LogP contribution >= 0.6 is 0 Å². The van der Waals surface area contributed by atoms with Gasteiger partial charge in [0, 0.05) is 17.3 Å². The van der Waals surface area contributed by atoms with Crippen LogP contribution in [0.1, 0.15) is 28.7 Å². The summed E-state index contributed by atoms with van der Waals surface area (Å²) in [4.78, 5) is 27.7. The molecule has 8 nitrogen and oxygen atoms in total. The van der Waals surface area contributed by atoms with Gasteiger partial charge in [0.2, 0.25) is 6.79 Å². The number of rotatable bonds is 4. The lowest BCUT2D eigenvalue weighted by Gasteiger charge is -2.23. The molecule has 8 heteroatoms. The first-order chi connectivity index (χ1) is 15.9. The number of methoxy groups -OCH3 is 1. The number of hydrogen-bond donors (Lipinski definition) is 1. The van der Waals surface area contributed by atoms with E-state index in [0.29, 0.717) is 40.0 Å². The number of aliphatic hydroxyl groups is 1. The van der Waals surface area contributed by atoms with Gasteiger partial charge in [-0.3, -0.25) is 14.5 Å². The number of amides is 1. The molecule has 2 aliphatic heterocycles. The highest BCUT2D eigenvalue weighted by molar-refractivity contribution is 6.51. The average Bonchev–Trinajstić information content (AvgIpc) is 3.51. The molecule has 1 atom stereocenters. The van der Waals surface area contributed by atoms with Crippen LogP contribution in [0.2, 0.25) is 0 Å². The van der Waals surface area contributed by atoms with E-state index in [2.05, 4.69) is 0 Å². The first-order valence-electron chi connectivity index (χ1n) is 10.3. The minimum Gasteiger partial charge on any atom is -0.507 e. The zero-order chi connectivity index (χ0) is 23.3. The Morgan fingerprint density at radius 3 is 2.52 bits per heavy atom. The first-order valence-corrected chi connectivity index (χ1v) is 10.3. The lowest BCUT2D eigenvalue weighted by molar-refractivity contribution is -0.132. The molecule has 0 spiro atoms. The molecule has 168 valence electrons. The number of ether oxygens (including phenoxy) is 3. The standard InChI is InChI=1S/C25H21NO7/c1-13-10-15(5-8-17(13)30-3)23(27)21-22(19-7-4-14(2)33-19)26(25(29)24(21)28)16-6-9-18-20(11-16)32-12-31-18/h4-11,22,27H,12H2,1-3H3/b23-21-. The van der Waals surface area contributed by atoms with E-state index in [9.17, 15) is 14.7 Å². The van der Waals surface area contributed by atoms with E-state index in [0.717, 1.165) is 5.56 Å². The average molecular weight is 447 g/mol. The van der Waals surface area contributed by atoms with Crippen molar-refractivity contribution < 1.29 is 33.3 Å². The number of carbonyl (C=O) groups is 2. The molecular weight excluding hydrogens is 426 g/mol. The molecular formula is C25H21NO7. The molecule has 1 unspecified atom stereocenters. The van der Waals surface area contributed by atoms with Crippen molar-refractivity contribution in [3.8, 4) is 17.2 Å². The number of benzene rings is 2. The van der Waals surface area contributed by atoms with Gasteiger partial charge in [-0.1, -0.05) is 0 Å². The van der Waals surface area contributed by atoms with Gasteiger partial charge in [0.25, 0.3) is 11.7 Å². The van der Waals surface area contributed by atoms with Crippen molar-refractivity contribution in [2.24, 2.45) is 0 Å². The summed E-state index contributed by atoms with van der Waals surface area (Å²) < 4.78 is 21.9. The van der Waals surface area contributed by atoms with E-state index < -0.39 is 17.7 Å². The van der Waals surface area contributed by atoms with E-state index in [1.54, 1.807) is 62.6 Å². The molecule has 0 aliphatic carbocycles. The Hall–Kier alpha value is -4.20. The van der Waals surface area contributed by atoms with E-state index in [-0.39, 0.29) is 18.1 Å². The second-order valence-electron chi connectivity index (χ2n) is 7.84. The highest BCUT2D eigenvalue weighted by Crippen LogP contribution is 2.45. The van der Waals surface area contributed by atoms with Gasteiger partial charge in [0.15, 0.2) is 11.5 Å². The van der Waals surface area contributed by atoms with Gasteiger partial charge >= 0.3 is 0 Å². The number of aryl methyl sites for hydroxylation is 2. The molecule has 1 amide bonds.